The monoisotopic (exact) mass is 350 g/mol. The van der Waals surface area contributed by atoms with Gasteiger partial charge in [-0.05, 0) is 50.6 Å². The van der Waals surface area contributed by atoms with Crippen molar-refractivity contribution in [1.82, 2.24) is 14.8 Å². The van der Waals surface area contributed by atoms with E-state index in [9.17, 15) is 4.79 Å². The average molecular weight is 350 g/mol. The third-order valence-corrected chi connectivity index (χ3v) is 3.82. The summed E-state index contributed by atoms with van der Waals surface area (Å²) in [4.78, 5) is 16.4. The molecular weight excluding hydrogens is 328 g/mol. The maximum atomic E-state index is 12.0. The lowest BCUT2D eigenvalue weighted by Gasteiger charge is -2.08. The minimum absolute atomic E-state index is 0.0534. The molecule has 0 spiro atoms. The number of pyridine rings is 1. The Morgan fingerprint density at radius 3 is 2.62 bits per heavy atom. The van der Waals surface area contributed by atoms with Crippen LogP contribution in [0.4, 0.5) is 5.69 Å². The van der Waals surface area contributed by atoms with Crippen LogP contribution in [-0.4, -0.2) is 27.3 Å². The maximum absolute atomic E-state index is 12.0. The number of nitrogens with zero attached hydrogens (tertiary/aromatic N) is 3. The Morgan fingerprint density at radius 1 is 1.15 bits per heavy atom. The number of hydrogen-bond acceptors (Lipinski definition) is 4. The first-order valence-electron chi connectivity index (χ1n) is 8.59. The predicted octanol–water partition coefficient (Wildman–Crippen LogP) is 3.68. The highest BCUT2D eigenvalue weighted by molar-refractivity contribution is 5.90. The van der Waals surface area contributed by atoms with Gasteiger partial charge in [0, 0.05) is 12.1 Å². The third kappa shape index (κ3) is 4.69. The van der Waals surface area contributed by atoms with E-state index >= 15 is 0 Å². The predicted molar refractivity (Wildman–Crippen MR) is 101 cm³/mol. The SMILES string of the molecule is Cc1cc(C)n(-c2ccc(NC(=O)CCCOc3ccccc3)cn2)n1. The van der Waals surface area contributed by atoms with Gasteiger partial charge in [0.2, 0.25) is 5.91 Å². The second-order valence-corrected chi connectivity index (χ2v) is 6.06. The summed E-state index contributed by atoms with van der Waals surface area (Å²) in [6.07, 6.45) is 2.69. The average Bonchev–Trinajstić information content (AvgIpc) is 2.98. The zero-order valence-corrected chi connectivity index (χ0v) is 15.0. The van der Waals surface area contributed by atoms with Gasteiger partial charge in [0.25, 0.3) is 0 Å². The number of ether oxygens (including phenoxy) is 1. The summed E-state index contributed by atoms with van der Waals surface area (Å²) in [7, 11) is 0. The number of aryl methyl sites for hydroxylation is 2. The molecule has 6 nitrogen and oxygen atoms in total. The molecule has 0 bridgehead atoms. The number of hydrogen-bond donors (Lipinski definition) is 1. The first-order valence-corrected chi connectivity index (χ1v) is 8.59. The highest BCUT2D eigenvalue weighted by Crippen LogP contribution is 2.13. The molecule has 0 radical (unpaired) electrons. The van der Waals surface area contributed by atoms with Crippen LogP contribution >= 0.6 is 0 Å². The van der Waals surface area contributed by atoms with E-state index in [0.717, 1.165) is 23.0 Å². The summed E-state index contributed by atoms with van der Waals surface area (Å²) in [5, 5.41) is 7.25. The van der Waals surface area contributed by atoms with Crippen LogP contribution in [0, 0.1) is 13.8 Å². The standard InChI is InChI=1S/C20H22N4O2/c1-15-13-16(2)24(23-15)19-11-10-17(14-21-19)22-20(25)9-6-12-26-18-7-4-3-5-8-18/h3-5,7-8,10-11,13-14H,6,9,12H2,1-2H3,(H,22,25). The Kier molecular flexibility index (Phi) is 5.63. The fourth-order valence-corrected chi connectivity index (χ4v) is 2.61. The van der Waals surface area contributed by atoms with Crippen molar-refractivity contribution in [2.75, 3.05) is 11.9 Å². The van der Waals surface area contributed by atoms with E-state index in [2.05, 4.69) is 15.4 Å². The van der Waals surface area contributed by atoms with Gasteiger partial charge < -0.3 is 10.1 Å². The van der Waals surface area contributed by atoms with E-state index < -0.39 is 0 Å². The van der Waals surface area contributed by atoms with Crippen molar-refractivity contribution in [2.24, 2.45) is 0 Å². The molecule has 0 aliphatic carbocycles. The molecule has 1 aromatic carbocycles. The molecule has 0 aliphatic rings. The van der Waals surface area contributed by atoms with E-state index in [1.165, 1.54) is 0 Å². The minimum Gasteiger partial charge on any atom is -0.494 e. The fraction of sp³-hybridized carbons (Fsp3) is 0.250. The molecule has 0 unspecified atom stereocenters. The lowest BCUT2D eigenvalue weighted by atomic mass is 10.3. The number of nitrogens with one attached hydrogen (secondary N) is 1. The molecule has 3 aromatic rings. The lowest BCUT2D eigenvalue weighted by molar-refractivity contribution is -0.116. The smallest absolute Gasteiger partial charge is 0.224 e. The van der Waals surface area contributed by atoms with E-state index in [0.29, 0.717) is 25.1 Å². The van der Waals surface area contributed by atoms with Crippen molar-refractivity contribution in [3.63, 3.8) is 0 Å². The molecule has 0 aliphatic heterocycles. The number of amides is 1. The highest BCUT2D eigenvalue weighted by Gasteiger charge is 2.07. The molecule has 134 valence electrons. The molecule has 0 saturated carbocycles. The van der Waals surface area contributed by atoms with Crippen molar-refractivity contribution in [3.05, 3.63) is 66.1 Å². The Morgan fingerprint density at radius 2 is 1.96 bits per heavy atom. The van der Waals surface area contributed by atoms with Gasteiger partial charge in [0.05, 0.1) is 24.2 Å². The summed E-state index contributed by atoms with van der Waals surface area (Å²) >= 11 is 0. The minimum atomic E-state index is -0.0534. The third-order valence-electron chi connectivity index (χ3n) is 3.82. The maximum Gasteiger partial charge on any atom is 0.224 e. The summed E-state index contributed by atoms with van der Waals surface area (Å²) in [6.45, 7) is 4.43. The molecule has 1 amide bonds. The van der Waals surface area contributed by atoms with Crippen LogP contribution < -0.4 is 10.1 Å². The Hall–Kier alpha value is -3.15. The molecule has 2 aromatic heterocycles. The van der Waals surface area contributed by atoms with Crippen molar-refractivity contribution < 1.29 is 9.53 Å². The number of para-hydroxylation sites is 1. The zero-order valence-electron chi connectivity index (χ0n) is 15.0. The lowest BCUT2D eigenvalue weighted by Crippen LogP contribution is -2.13. The summed E-state index contributed by atoms with van der Waals surface area (Å²) < 4.78 is 7.36. The number of aromatic nitrogens is 3. The molecule has 2 heterocycles. The van der Waals surface area contributed by atoms with Gasteiger partial charge in [0.15, 0.2) is 5.82 Å². The zero-order chi connectivity index (χ0) is 18.4. The molecule has 6 heteroatoms. The number of benzene rings is 1. The van der Waals surface area contributed by atoms with Crippen LogP contribution in [0.2, 0.25) is 0 Å². The number of carbonyl (C=O) groups excluding carboxylic acids is 1. The van der Waals surface area contributed by atoms with Gasteiger partial charge >= 0.3 is 0 Å². The van der Waals surface area contributed by atoms with Crippen molar-refractivity contribution in [3.8, 4) is 11.6 Å². The largest absolute Gasteiger partial charge is 0.494 e. The second-order valence-electron chi connectivity index (χ2n) is 6.06. The number of anilines is 1. The van der Waals surface area contributed by atoms with Crippen LogP contribution in [0.3, 0.4) is 0 Å². The highest BCUT2D eigenvalue weighted by atomic mass is 16.5. The van der Waals surface area contributed by atoms with E-state index in [4.69, 9.17) is 4.74 Å². The fourth-order valence-electron chi connectivity index (χ4n) is 2.61. The van der Waals surface area contributed by atoms with Gasteiger partial charge in [-0.15, -0.1) is 0 Å². The van der Waals surface area contributed by atoms with Crippen LogP contribution in [-0.2, 0) is 4.79 Å². The summed E-state index contributed by atoms with van der Waals surface area (Å²) in [6, 6.07) is 15.2. The molecular formula is C20H22N4O2. The van der Waals surface area contributed by atoms with Gasteiger partial charge in [0.1, 0.15) is 5.75 Å². The molecule has 3 rings (SSSR count). The van der Waals surface area contributed by atoms with E-state index in [1.54, 1.807) is 10.9 Å². The Labute approximate surface area is 152 Å². The van der Waals surface area contributed by atoms with Crippen molar-refractivity contribution in [2.45, 2.75) is 26.7 Å². The van der Waals surface area contributed by atoms with Crippen molar-refractivity contribution in [1.29, 1.82) is 0 Å². The second kappa shape index (κ2) is 8.29. The van der Waals surface area contributed by atoms with Gasteiger partial charge in [-0.25, -0.2) is 9.67 Å². The van der Waals surface area contributed by atoms with E-state index in [1.807, 2.05) is 62.4 Å². The quantitative estimate of drug-likeness (QED) is 0.660. The summed E-state index contributed by atoms with van der Waals surface area (Å²) in [5.74, 6) is 1.49. The molecule has 0 atom stereocenters. The van der Waals surface area contributed by atoms with Crippen molar-refractivity contribution >= 4 is 11.6 Å². The Balaban J connectivity index is 1.46. The number of rotatable bonds is 7. The first kappa shape index (κ1) is 17.7. The van der Waals surface area contributed by atoms with Crippen LogP contribution in [0.25, 0.3) is 5.82 Å². The van der Waals surface area contributed by atoms with Crippen LogP contribution in [0.1, 0.15) is 24.2 Å². The van der Waals surface area contributed by atoms with Gasteiger partial charge in [-0.1, -0.05) is 18.2 Å². The molecule has 0 saturated heterocycles. The van der Waals surface area contributed by atoms with Crippen LogP contribution in [0.5, 0.6) is 5.75 Å². The molecule has 26 heavy (non-hydrogen) atoms. The molecule has 0 fully saturated rings. The first-order chi connectivity index (χ1) is 12.6. The molecule has 1 N–H and O–H groups in total. The van der Waals surface area contributed by atoms with Gasteiger partial charge in [-0.2, -0.15) is 5.10 Å². The number of carbonyl (C=O) groups is 1. The summed E-state index contributed by atoms with van der Waals surface area (Å²) in [5.41, 5.74) is 2.63. The van der Waals surface area contributed by atoms with E-state index in [-0.39, 0.29) is 5.91 Å². The van der Waals surface area contributed by atoms with Gasteiger partial charge in [-0.3, -0.25) is 4.79 Å². The normalized spacial score (nSPS) is 10.5. The Bertz CT molecular complexity index is 857. The topological polar surface area (TPSA) is 69.0 Å². The van der Waals surface area contributed by atoms with Crippen LogP contribution in [0.15, 0.2) is 54.7 Å².